The van der Waals surface area contributed by atoms with E-state index < -0.39 is 10.8 Å². The minimum atomic E-state index is -0.800. The van der Waals surface area contributed by atoms with Crippen molar-refractivity contribution in [2.24, 2.45) is 0 Å². The van der Waals surface area contributed by atoms with Crippen molar-refractivity contribution in [3.8, 4) is 0 Å². The van der Waals surface area contributed by atoms with Crippen molar-refractivity contribution in [3.63, 3.8) is 0 Å². The van der Waals surface area contributed by atoms with E-state index >= 15 is 0 Å². The van der Waals surface area contributed by atoms with Gasteiger partial charge >= 0.3 is 0 Å². The maximum Gasteiger partial charge on any atom is 0.158 e. The predicted octanol–water partition coefficient (Wildman–Crippen LogP) is 2.50. The molecule has 2 unspecified atom stereocenters. The summed E-state index contributed by atoms with van der Waals surface area (Å²) in [6.45, 7) is 7.70. The lowest BCUT2D eigenvalue weighted by Gasteiger charge is -2.12. The molecule has 2 rings (SSSR count). The summed E-state index contributed by atoms with van der Waals surface area (Å²) in [7, 11) is -0.800. The molecule has 0 bridgehead atoms. The van der Waals surface area contributed by atoms with E-state index in [1.165, 1.54) is 0 Å². The second kappa shape index (κ2) is 6.92. The van der Waals surface area contributed by atoms with E-state index in [-0.39, 0.29) is 5.25 Å². The molecule has 5 nitrogen and oxygen atoms in total. The van der Waals surface area contributed by atoms with E-state index in [9.17, 15) is 4.21 Å². The summed E-state index contributed by atoms with van der Waals surface area (Å²) in [4.78, 5) is 4.71. The largest absolute Gasteiger partial charge is 0.313 e. The Morgan fingerprint density at radius 3 is 2.71 bits per heavy atom. The van der Waals surface area contributed by atoms with Crippen molar-refractivity contribution in [2.45, 2.75) is 52.0 Å². The standard InChI is InChI=1S/C14H23ClN4OS/c1-5-19-14-13(11(3)17-19)16-12(6-8-15)18(14)9-7-10(2)21(4)20/h10H,5-9H2,1-4H3. The van der Waals surface area contributed by atoms with Gasteiger partial charge in [-0.05, 0) is 20.3 Å². The topological polar surface area (TPSA) is 52.7 Å². The molecular weight excluding hydrogens is 308 g/mol. The van der Waals surface area contributed by atoms with Crippen LogP contribution in [0, 0.1) is 6.92 Å². The van der Waals surface area contributed by atoms with Crippen LogP contribution in [0.5, 0.6) is 0 Å². The summed E-state index contributed by atoms with van der Waals surface area (Å²) in [5.41, 5.74) is 2.97. The Morgan fingerprint density at radius 1 is 1.43 bits per heavy atom. The number of hydrogen-bond acceptors (Lipinski definition) is 3. The number of hydrogen-bond donors (Lipinski definition) is 0. The molecule has 0 fully saturated rings. The highest BCUT2D eigenvalue weighted by Crippen LogP contribution is 2.21. The van der Waals surface area contributed by atoms with Crippen LogP contribution in [0.2, 0.25) is 0 Å². The minimum Gasteiger partial charge on any atom is -0.313 e. The molecule has 0 saturated heterocycles. The first-order valence-electron chi connectivity index (χ1n) is 7.30. The van der Waals surface area contributed by atoms with E-state index in [0.29, 0.717) is 5.88 Å². The first-order chi connectivity index (χ1) is 9.99. The van der Waals surface area contributed by atoms with Crippen LogP contribution in [0.25, 0.3) is 11.2 Å². The number of aryl methyl sites for hydroxylation is 4. The molecule has 0 aliphatic rings. The van der Waals surface area contributed by atoms with E-state index in [1.54, 1.807) is 6.26 Å². The van der Waals surface area contributed by atoms with Crippen molar-refractivity contribution >= 4 is 33.6 Å². The maximum atomic E-state index is 11.6. The van der Waals surface area contributed by atoms with Gasteiger partial charge in [-0.2, -0.15) is 5.10 Å². The molecule has 7 heteroatoms. The van der Waals surface area contributed by atoms with Crippen LogP contribution in [-0.4, -0.2) is 40.9 Å². The fourth-order valence-electron chi connectivity index (χ4n) is 2.48. The van der Waals surface area contributed by atoms with E-state index in [1.807, 2.05) is 18.5 Å². The average molecular weight is 331 g/mol. The van der Waals surface area contributed by atoms with Crippen LogP contribution in [0.15, 0.2) is 0 Å². The molecule has 0 N–H and O–H groups in total. The van der Waals surface area contributed by atoms with Crippen LogP contribution >= 0.6 is 11.6 Å². The van der Waals surface area contributed by atoms with Crippen molar-refractivity contribution in [2.75, 3.05) is 12.1 Å². The Hall–Kier alpha value is -0.880. The van der Waals surface area contributed by atoms with Gasteiger partial charge in [0.25, 0.3) is 0 Å². The molecule has 2 aromatic rings. The van der Waals surface area contributed by atoms with Gasteiger partial charge in [0.1, 0.15) is 11.3 Å². The van der Waals surface area contributed by atoms with Gasteiger partial charge in [0, 0.05) is 47.7 Å². The summed E-state index contributed by atoms with van der Waals surface area (Å²) in [5.74, 6) is 1.55. The Balaban J connectivity index is 2.42. The molecule has 2 heterocycles. The Labute approximate surface area is 133 Å². The molecule has 2 atom stereocenters. The number of alkyl halides is 1. The molecule has 118 valence electrons. The number of imidazole rings is 1. The van der Waals surface area contributed by atoms with Gasteiger partial charge in [0.15, 0.2) is 5.65 Å². The number of fused-ring (bicyclic) bond motifs is 1. The van der Waals surface area contributed by atoms with Crippen molar-refractivity contribution in [3.05, 3.63) is 11.5 Å². The second-order valence-electron chi connectivity index (χ2n) is 5.29. The minimum absolute atomic E-state index is 0.172. The van der Waals surface area contributed by atoms with Crippen LogP contribution in [0.1, 0.15) is 31.8 Å². The fourth-order valence-corrected chi connectivity index (χ4v) is 3.08. The van der Waals surface area contributed by atoms with Gasteiger partial charge in [-0.3, -0.25) is 4.21 Å². The molecule has 0 saturated carbocycles. The number of halogens is 1. The zero-order valence-electron chi connectivity index (χ0n) is 13.1. The molecule has 0 radical (unpaired) electrons. The van der Waals surface area contributed by atoms with Gasteiger partial charge in [-0.15, -0.1) is 11.6 Å². The van der Waals surface area contributed by atoms with Gasteiger partial charge in [-0.25, -0.2) is 9.67 Å². The lowest BCUT2D eigenvalue weighted by atomic mass is 10.3. The van der Waals surface area contributed by atoms with Crippen LogP contribution in [0.3, 0.4) is 0 Å². The molecule has 0 amide bonds. The normalized spacial score (nSPS) is 14.7. The Bertz CT molecular complexity index is 649. The van der Waals surface area contributed by atoms with Crippen molar-refractivity contribution in [1.82, 2.24) is 19.3 Å². The summed E-state index contributed by atoms with van der Waals surface area (Å²) in [5, 5.41) is 4.70. The molecule has 0 spiro atoms. The third kappa shape index (κ3) is 3.31. The zero-order valence-corrected chi connectivity index (χ0v) is 14.7. The third-order valence-corrected chi connectivity index (χ3v) is 5.38. The lowest BCUT2D eigenvalue weighted by Crippen LogP contribution is -2.16. The summed E-state index contributed by atoms with van der Waals surface area (Å²) < 4.78 is 15.7. The average Bonchev–Trinajstić information content (AvgIpc) is 2.94. The molecule has 21 heavy (non-hydrogen) atoms. The number of nitrogens with zero attached hydrogens (tertiary/aromatic N) is 4. The highest BCUT2D eigenvalue weighted by atomic mass is 35.5. The molecule has 0 aliphatic heterocycles. The molecular formula is C14H23ClN4OS. The van der Waals surface area contributed by atoms with Crippen molar-refractivity contribution < 1.29 is 4.21 Å². The van der Waals surface area contributed by atoms with Gasteiger partial charge < -0.3 is 4.57 Å². The van der Waals surface area contributed by atoms with Crippen LogP contribution in [0.4, 0.5) is 0 Å². The van der Waals surface area contributed by atoms with E-state index in [2.05, 4.69) is 16.6 Å². The van der Waals surface area contributed by atoms with Crippen LogP contribution < -0.4 is 0 Å². The first-order valence-corrected chi connectivity index (χ1v) is 9.45. The SMILES string of the molecule is CCn1nc(C)c2nc(CCCl)n(CCC(C)S(C)=O)c21. The lowest BCUT2D eigenvalue weighted by molar-refractivity contribution is 0.582. The fraction of sp³-hybridized carbons (Fsp3) is 0.714. The van der Waals surface area contributed by atoms with Gasteiger partial charge in [-0.1, -0.05) is 6.92 Å². The van der Waals surface area contributed by atoms with Crippen LogP contribution in [-0.2, 0) is 30.3 Å². The molecule has 0 aliphatic carbocycles. The molecule has 0 aromatic carbocycles. The number of rotatable bonds is 7. The summed E-state index contributed by atoms with van der Waals surface area (Å²) in [6, 6.07) is 0. The zero-order chi connectivity index (χ0) is 15.6. The van der Waals surface area contributed by atoms with E-state index in [4.69, 9.17) is 16.6 Å². The highest BCUT2D eigenvalue weighted by Gasteiger charge is 2.18. The summed E-state index contributed by atoms with van der Waals surface area (Å²) >= 11 is 5.90. The predicted molar refractivity (Wildman–Crippen MR) is 88.5 cm³/mol. The Morgan fingerprint density at radius 2 is 2.14 bits per heavy atom. The quantitative estimate of drug-likeness (QED) is 0.733. The highest BCUT2D eigenvalue weighted by molar-refractivity contribution is 7.84. The third-order valence-electron chi connectivity index (χ3n) is 3.82. The van der Waals surface area contributed by atoms with E-state index in [0.717, 1.165) is 48.6 Å². The maximum absolute atomic E-state index is 11.6. The van der Waals surface area contributed by atoms with Crippen molar-refractivity contribution in [1.29, 1.82) is 0 Å². The Kier molecular flexibility index (Phi) is 5.43. The van der Waals surface area contributed by atoms with Gasteiger partial charge in [0.2, 0.25) is 0 Å². The molecule has 2 aromatic heterocycles. The second-order valence-corrected chi connectivity index (χ2v) is 7.47. The smallest absolute Gasteiger partial charge is 0.158 e. The summed E-state index contributed by atoms with van der Waals surface area (Å²) in [6.07, 6.45) is 3.36. The first kappa shape index (κ1) is 16.5. The monoisotopic (exact) mass is 330 g/mol. The van der Waals surface area contributed by atoms with Gasteiger partial charge in [0.05, 0.1) is 5.69 Å². The number of aromatic nitrogens is 4.